The molecule has 2 N–H and O–H groups in total. The van der Waals surface area contributed by atoms with Crippen molar-refractivity contribution in [1.29, 1.82) is 0 Å². The van der Waals surface area contributed by atoms with Gasteiger partial charge in [-0.25, -0.2) is 0 Å². The zero-order chi connectivity index (χ0) is 28.8. The van der Waals surface area contributed by atoms with E-state index >= 15 is 0 Å². The van der Waals surface area contributed by atoms with E-state index in [4.69, 9.17) is 0 Å². The van der Waals surface area contributed by atoms with Gasteiger partial charge in [0.15, 0.2) is 5.60 Å². The third kappa shape index (κ3) is 5.93. The maximum atomic E-state index is 13.5. The second-order valence-corrected chi connectivity index (χ2v) is 13.8. The Balaban J connectivity index is 1.87. The summed E-state index contributed by atoms with van der Waals surface area (Å²) in [5.41, 5.74) is 0.410. The SMILES string of the molecule is C=C(C)c1ccccc1C(N[S+]([O-])C(C)(C)C)c1cc2cccc(-c3cc(C(C)(O)C(F)(F)F)ccn3)c2s1. The van der Waals surface area contributed by atoms with Gasteiger partial charge in [-0.1, -0.05) is 54.6 Å². The van der Waals surface area contributed by atoms with Gasteiger partial charge in [-0.15, -0.1) is 16.1 Å². The fraction of sp³-hybridized carbons (Fsp3) is 0.300. The zero-order valence-corrected chi connectivity index (χ0v) is 24.0. The molecule has 0 bridgehead atoms. The molecule has 4 nitrogen and oxygen atoms in total. The molecular formula is C30H31F3N2O2S2. The fourth-order valence-corrected chi connectivity index (χ4v) is 6.32. The van der Waals surface area contributed by atoms with E-state index in [9.17, 15) is 22.8 Å². The van der Waals surface area contributed by atoms with Crippen molar-refractivity contribution in [1.82, 2.24) is 9.71 Å². The molecule has 2 heterocycles. The van der Waals surface area contributed by atoms with Crippen molar-refractivity contribution >= 4 is 38.4 Å². The molecule has 0 saturated carbocycles. The number of fused-ring (bicyclic) bond motifs is 1. The smallest absolute Gasteiger partial charge is 0.421 e. The number of alkyl halides is 3. The summed E-state index contributed by atoms with van der Waals surface area (Å²) < 4.78 is 57.5. The molecule has 9 heteroatoms. The van der Waals surface area contributed by atoms with E-state index in [1.165, 1.54) is 29.7 Å². The maximum Gasteiger partial charge on any atom is 0.421 e. The Bertz CT molecular complexity index is 1510. The second-order valence-electron chi connectivity index (χ2n) is 10.7. The molecule has 0 radical (unpaired) electrons. The first-order valence-electron chi connectivity index (χ1n) is 12.3. The topological polar surface area (TPSA) is 68.2 Å². The number of hydrogen-bond acceptors (Lipinski definition) is 5. The van der Waals surface area contributed by atoms with E-state index in [-0.39, 0.29) is 5.56 Å². The van der Waals surface area contributed by atoms with Crippen LogP contribution in [0.3, 0.4) is 0 Å². The lowest BCUT2D eigenvalue weighted by atomic mass is 9.94. The van der Waals surface area contributed by atoms with Crippen molar-refractivity contribution in [3.8, 4) is 11.3 Å². The van der Waals surface area contributed by atoms with Crippen LogP contribution in [0.2, 0.25) is 0 Å². The number of nitrogens with one attached hydrogen (secondary N) is 1. The molecule has 0 amide bonds. The van der Waals surface area contributed by atoms with Gasteiger partial charge >= 0.3 is 6.18 Å². The molecule has 4 aromatic rings. The Morgan fingerprint density at radius 2 is 1.74 bits per heavy atom. The third-order valence-corrected chi connectivity index (χ3v) is 9.32. The van der Waals surface area contributed by atoms with Crippen LogP contribution < -0.4 is 4.72 Å². The number of aliphatic hydroxyl groups is 1. The maximum absolute atomic E-state index is 13.5. The first-order chi connectivity index (χ1) is 18.1. The van der Waals surface area contributed by atoms with Crippen LogP contribution in [0.4, 0.5) is 13.2 Å². The number of pyridine rings is 1. The highest BCUT2D eigenvalue weighted by Gasteiger charge is 2.51. The lowest BCUT2D eigenvalue weighted by molar-refractivity contribution is -0.258. The molecule has 0 aliphatic heterocycles. The van der Waals surface area contributed by atoms with Crippen molar-refractivity contribution in [2.24, 2.45) is 0 Å². The first kappa shape index (κ1) is 29.3. The Labute approximate surface area is 233 Å². The van der Waals surface area contributed by atoms with E-state index in [0.717, 1.165) is 38.6 Å². The van der Waals surface area contributed by atoms with Gasteiger partial charge in [0.1, 0.15) is 10.8 Å². The Morgan fingerprint density at radius 3 is 2.38 bits per heavy atom. The minimum absolute atomic E-state index is 0.288. The lowest BCUT2D eigenvalue weighted by Crippen LogP contribution is -2.41. The van der Waals surface area contributed by atoms with E-state index in [2.05, 4.69) is 16.3 Å². The summed E-state index contributed by atoms with van der Waals surface area (Å²) in [4.78, 5) is 5.23. The van der Waals surface area contributed by atoms with E-state index in [0.29, 0.717) is 11.3 Å². The highest BCUT2D eigenvalue weighted by Crippen LogP contribution is 2.42. The van der Waals surface area contributed by atoms with Gasteiger partial charge in [0.05, 0.1) is 5.69 Å². The van der Waals surface area contributed by atoms with Crippen molar-refractivity contribution in [2.75, 3.05) is 0 Å². The molecule has 2 aromatic carbocycles. The molecule has 3 unspecified atom stereocenters. The summed E-state index contributed by atoms with van der Waals surface area (Å²) in [5, 5.41) is 11.1. The molecule has 206 valence electrons. The zero-order valence-electron chi connectivity index (χ0n) is 22.4. The van der Waals surface area contributed by atoms with Gasteiger partial charge < -0.3 is 9.66 Å². The fourth-order valence-electron chi connectivity index (χ4n) is 4.17. The van der Waals surface area contributed by atoms with Crippen molar-refractivity contribution in [3.63, 3.8) is 0 Å². The van der Waals surface area contributed by atoms with Crippen LogP contribution in [-0.2, 0) is 17.0 Å². The number of allylic oxidation sites excluding steroid dienone is 1. The predicted octanol–water partition coefficient (Wildman–Crippen LogP) is 7.91. The predicted molar refractivity (Wildman–Crippen MR) is 155 cm³/mol. The standard InChI is InChI=1S/C30H31F3N2O2S2/c1-18(2)21-11-7-8-12-22(21)26(35-39(37)28(3,4)5)25-16-19-10-9-13-23(27(19)38-25)24-17-20(14-15-34-24)29(6,36)30(31,32)33/h7-17,26,35-36H,1H2,2-6H3. The molecule has 0 fully saturated rings. The molecule has 4 rings (SSSR count). The van der Waals surface area contributed by atoms with Gasteiger partial charge in [-0.05, 0) is 74.9 Å². The largest absolute Gasteiger partial charge is 0.598 e. The van der Waals surface area contributed by atoms with Crippen molar-refractivity contribution in [3.05, 3.63) is 95.0 Å². The van der Waals surface area contributed by atoms with Crippen molar-refractivity contribution in [2.45, 2.75) is 57.2 Å². The van der Waals surface area contributed by atoms with Crippen molar-refractivity contribution < 1.29 is 22.8 Å². The molecular weight excluding hydrogens is 541 g/mol. The third-order valence-electron chi connectivity index (χ3n) is 6.51. The number of nitrogens with zero attached hydrogens (tertiary/aromatic N) is 1. The number of rotatable bonds is 7. The number of benzene rings is 2. The number of hydrogen-bond donors (Lipinski definition) is 2. The minimum atomic E-state index is -4.84. The van der Waals surface area contributed by atoms with E-state index in [1.807, 2.05) is 70.2 Å². The number of thiophene rings is 1. The quantitative estimate of drug-likeness (QED) is 0.221. The minimum Gasteiger partial charge on any atom is -0.598 e. The molecule has 0 aliphatic rings. The van der Waals surface area contributed by atoms with Crippen LogP contribution in [-0.4, -0.2) is 25.6 Å². The normalized spacial score (nSPS) is 15.6. The van der Waals surface area contributed by atoms with Crippen LogP contribution in [0.5, 0.6) is 0 Å². The summed E-state index contributed by atoms with van der Waals surface area (Å²) >= 11 is 0.0681. The highest BCUT2D eigenvalue weighted by molar-refractivity contribution is 7.90. The molecule has 3 atom stereocenters. The van der Waals surface area contributed by atoms with Gasteiger partial charge in [-0.3, -0.25) is 4.98 Å². The Hall–Kier alpha value is -2.69. The Kier molecular flexibility index (Phi) is 8.04. The summed E-state index contributed by atoms with van der Waals surface area (Å²) in [6, 6.07) is 17.4. The van der Waals surface area contributed by atoms with Crippen LogP contribution >= 0.6 is 11.3 Å². The highest BCUT2D eigenvalue weighted by atomic mass is 32.2. The summed E-state index contributed by atoms with van der Waals surface area (Å²) in [7, 11) is 0. The Morgan fingerprint density at radius 1 is 1.05 bits per heavy atom. The average Bonchev–Trinajstić information content (AvgIpc) is 3.30. The van der Waals surface area contributed by atoms with E-state index < -0.39 is 33.9 Å². The summed E-state index contributed by atoms with van der Waals surface area (Å²) in [5.74, 6) is 0. The molecule has 0 aliphatic carbocycles. The van der Waals surface area contributed by atoms with Crippen LogP contribution in [0, 0.1) is 0 Å². The molecule has 0 saturated heterocycles. The van der Waals surface area contributed by atoms with E-state index in [1.54, 1.807) is 6.07 Å². The molecule has 0 spiro atoms. The first-order valence-corrected chi connectivity index (χ1v) is 14.3. The monoisotopic (exact) mass is 572 g/mol. The summed E-state index contributed by atoms with van der Waals surface area (Å²) in [6.07, 6.45) is -3.57. The van der Waals surface area contributed by atoms with Gasteiger partial charge in [0.2, 0.25) is 0 Å². The van der Waals surface area contributed by atoms with Crippen LogP contribution in [0.1, 0.15) is 62.2 Å². The van der Waals surface area contributed by atoms with Crippen LogP contribution in [0.25, 0.3) is 26.9 Å². The van der Waals surface area contributed by atoms with Gasteiger partial charge in [0, 0.05) is 32.7 Å². The second kappa shape index (κ2) is 10.7. The number of halogens is 3. The molecule has 2 aromatic heterocycles. The average molecular weight is 573 g/mol. The van der Waals surface area contributed by atoms with Crippen LogP contribution in [0.15, 0.2) is 73.4 Å². The lowest BCUT2D eigenvalue weighted by Gasteiger charge is -2.28. The molecule has 39 heavy (non-hydrogen) atoms. The summed E-state index contributed by atoms with van der Waals surface area (Å²) in [6.45, 7) is 12.5. The van der Waals surface area contributed by atoms with Gasteiger partial charge in [0.25, 0.3) is 0 Å². The number of aromatic nitrogens is 1. The van der Waals surface area contributed by atoms with Gasteiger partial charge in [-0.2, -0.15) is 13.2 Å².